The highest BCUT2D eigenvalue weighted by atomic mass is 14.7. The van der Waals surface area contributed by atoms with Crippen LogP contribution in [0, 0.1) is 0 Å². The largest absolute Gasteiger partial charge is 0.293 e. The Bertz CT molecular complexity index is 361. The van der Waals surface area contributed by atoms with E-state index in [-0.39, 0.29) is 0 Å². The summed E-state index contributed by atoms with van der Waals surface area (Å²) in [5.41, 5.74) is 3.16. The Hall–Kier alpha value is -1.70. The van der Waals surface area contributed by atoms with E-state index in [1.54, 1.807) is 19.4 Å². The van der Waals surface area contributed by atoms with Gasteiger partial charge in [-0.15, -0.1) is 0 Å². The van der Waals surface area contributed by atoms with E-state index < -0.39 is 0 Å². The Kier molecular flexibility index (Phi) is 3.80. The van der Waals surface area contributed by atoms with E-state index in [1.165, 1.54) is 0 Å². The molecule has 0 atom stereocenters. The molecule has 0 radical (unpaired) electrons. The van der Waals surface area contributed by atoms with Crippen molar-refractivity contribution in [2.75, 3.05) is 7.05 Å². The molecule has 2 heteroatoms. The lowest BCUT2D eigenvalue weighted by Crippen LogP contribution is -1.88. The molecule has 0 amide bonds. The fourth-order valence-corrected chi connectivity index (χ4v) is 1.09. The van der Waals surface area contributed by atoms with Crippen molar-refractivity contribution in [3.05, 3.63) is 48.8 Å². The third-order valence-electron chi connectivity index (χ3n) is 1.95. The molecule has 1 heterocycles. The monoisotopic (exact) mass is 186 g/mol. The van der Waals surface area contributed by atoms with Crippen molar-refractivity contribution in [2.24, 2.45) is 4.99 Å². The number of pyridine rings is 1. The summed E-state index contributed by atoms with van der Waals surface area (Å²) in [5, 5.41) is 0. The molecular formula is C12H14N2. The van der Waals surface area contributed by atoms with Crippen molar-refractivity contribution in [3.8, 4) is 0 Å². The van der Waals surface area contributed by atoms with Gasteiger partial charge in [0.25, 0.3) is 0 Å². The highest BCUT2D eigenvalue weighted by molar-refractivity contribution is 6.00. The lowest BCUT2D eigenvalue weighted by molar-refractivity contribution is 1.32. The van der Waals surface area contributed by atoms with Crippen LogP contribution < -0.4 is 0 Å². The molecule has 0 aliphatic carbocycles. The van der Waals surface area contributed by atoms with Gasteiger partial charge in [0.15, 0.2) is 0 Å². The highest BCUT2D eigenvalue weighted by Crippen LogP contribution is 2.13. The van der Waals surface area contributed by atoms with E-state index in [4.69, 9.17) is 0 Å². The molecule has 0 saturated carbocycles. The van der Waals surface area contributed by atoms with Crippen molar-refractivity contribution in [3.63, 3.8) is 0 Å². The second-order valence-corrected chi connectivity index (χ2v) is 2.90. The maximum absolute atomic E-state index is 4.08. The number of nitrogens with zero attached hydrogens (tertiary/aromatic N) is 2. The lowest BCUT2D eigenvalue weighted by atomic mass is 10.1. The molecule has 0 bridgehead atoms. The van der Waals surface area contributed by atoms with Gasteiger partial charge in [-0.05, 0) is 36.3 Å². The molecular weight excluding hydrogens is 172 g/mol. The lowest BCUT2D eigenvalue weighted by Gasteiger charge is -2.01. The SMILES string of the molecule is C=C/C(=C\C(C)=NC)c1ccncc1. The quantitative estimate of drug-likeness (QED) is 0.526. The molecule has 0 aromatic carbocycles. The van der Waals surface area contributed by atoms with Crippen molar-refractivity contribution < 1.29 is 0 Å². The summed E-state index contributed by atoms with van der Waals surface area (Å²) < 4.78 is 0. The van der Waals surface area contributed by atoms with Gasteiger partial charge in [-0.3, -0.25) is 9.98 Å². The van der Waals surface area contributed by atoms with Gasteiger partial charge in [-0.25, -0.2) is 0 Å². The molecule has 0 saturated heterocycles. The van der Waals surface area contributed by atoms with Gasteiger partial charge in [-0.1, -0.05) is 12.7 Å². The Morgan fingerprint density at radius 1 is 1.43 bits per heavy atom. The summed E-state index contributed by atoms with van der Waals surface area (Å²) in [7, 11) is 1.78. The minimum Gasteiger partial charge on any atom is -0.293 e. The molecule has 1 rings (SSSR count). The van der Waals surface area contributed by atoms with E-state index in [1.807, 2.05) is 31.2 Å². The van der Waals surface area contributed by atoms with Gasteiger partial charge < -0.3 is 0 Å². The fourth-order valence-electron chi connectivity index (χ4n) is 1.09. The maximum Gasteiger partial charge on any atom is 0.0320 e. The van der Waals surface area contributed by atoms with Crippen molar-refractivity contribution in [1.29, 1.82) is 0 Å². The average Bonchev–Trinajstić information content (AvgIpc) is 2.26. The first-order chi connectivity index (χ1) is 6.77. The van der Waals surface area contributed by atoms with Gasteiger partial charge in [0, 0.05) is 25.2 Å². The topological polar surface area (TPSA) is 25.2 Å². The second kappa shape index (κ2) is 5.12. The molecule has 1 aromatic rings. The van der Waals surface area contributed by atoms with E-state index >= 15 is 0 Å². The average molecular weight is 186 g/mol. The molecule has 0 unspecified atom stereocenters. The molecule has 14 heavy (non-hydrogen) atoms. The number of hydrogen-bond donors (Lipinski definition) is 0. The Morgan fingerprint density at radius 3 is 2.57 bits per heavy atom. The van der Waals surface area contributed by atoms with E-state index in [2.05, 4.69) is 16.6 Å². The molecule has 72 valence electrons. The third-order valence-corrected chi connectivity index (χ3v) is 1.95. The minimum atomic E-state index is 0.983. The van der Waals surface area contributed by atoms with Gasteiger partial charge in [-0.2, -0.15) is 0 Å². The van der Waals surface area contributed by atoms with Crippen molar-refractivity contribution in [1.82, 2.24) is 4.98 Å². The molecule has 2 nitrogen and oxygen atoms in total. The van der Waals surface area contributed by atoms with Crippen LogP contribution in [-0.2, 0) is 0 Å². The summed E-state index contributed by atoms with van der Waals surface area (Å²) in [6.07, 6.45) is 7.36. The zero-order valence-electron chi connectivity index (χ0n) is 8.57. The Balaban J connectivity index is 3.05. The number of aliphatic imine (C=N–C) groups is 1. The molecule has 0 aliphatic heterocycles. The van der Waals surface area contributed by atoms with Gasteiger partial charge in [0.2, 0.25) is 0 Å². The first-order valence-corrected chi connectivity index (χ1v) is 4.46. The first-order valence-electron chi connectivity index (χ1n) is 4.46. The van der Waals surface area contributed by atoms with Crippen LogP contribution >= 0.6 is 0 Å². The first kappa shape index (κ1) is 10.4. The van der Waals surface area contributed by atoms with Gasteiger partial charge in [0.05, 0.1) is 0 Å². The van der Waals surface area contributed by atoms with E-state index in [0.717, 1.165) is 16.8 Å². The number of hydrogen-bond acceptors (Lipinski definition) is 2. The van der Waals surface area contributed by atoms with Crippen LogP contribution in [0.2, 0.25) is 0 Å². The Labute approximate surface area is 84.7 Å². The zero-order valence-corrected chi connectivity index (χ0v) is 8.57. The molecule has 1 aromatic heterocycles. The highest BCUT2D eigenvalue weighted by Gasteiger charge is 1.96. The summed E-state index contributed by atoms with van der Waals surface area (Å²) in [6, 6.07) is 3.91. The third kappa shape index (κ3) is 2.66. The van der Waals surface area contributed by atoms with E-state index in [9.17, 15) is 0 Å². The predicted molar refractivity (Wildman–Crippen MR) is 61.4 cm³/mol. The van der Waals surface area contributed by atoms with Gasteiger partial charge in [0.1, 0.15) is 0 Å². The number of rotatable bonds is 3. The zero-order chi connectivity index (χ0) is 10.4. The van der Waals surface area contributed by atoms with Crippen LogP contribution in [0.5, 0.6) is 0 Å². The summed E-state index contributed by atoms with van der Waals surface area (Å²) in [4.78, 5) is 8.05. The number of aromatic nitrogens is 1. The molecule has 0 fully saturated rings. The molecule has 0 aliphatic rings. The van der Waals surface area contributed by atoms with Crippen LogP contribution in [0.15, 0.2) is 48.2 Å². The molecule has 0 spiro atoms. The van der Waals surface area contributed by atoms with Gasteiger partial charge >= 0.3 is 0 Å². The summed E-state index contributed by atoms with van der Waals surface area (Å²) in [6.45, 7) is 5.74. The van der Waals surface area contributed by atoms with Crippen LogP contribution in [0.25, 0.3) is 5.57 Å². The van der Waals surface area contributed by atoms with Crippen LogP contribution in [-0.4, -0.2) is 17.7 Å². The fraction of sp³-hybridized carbons (Fsp3) is 0.167. The van der Waals surface area contributed by atoms with Crippen LogP contribution in [0.4, 0.5) is 0 Å². The normalized spacial score (nSPS) is 12.7. The second-order valence-electron chi connectivity index (χ2n) is 2.90. The summed E-state index contributed by atoms with van der Waals surface area (Å²) in [5.74, 6) is 0. The van der Waals surface area contributed by atoms with Crippen LogP contribution in [0.3, 0.4) is 0 Å². The molecule has 0 N–H and O–H groups in total. The number of allylic oxidation sites excluding steroid dienone is 3. The van der Waals surface area contributed by atoms with Crippen molar-refractivity contribution >= 4 is 11.3 Å². The van der Waals surface area contributed by atoms with Crippen molar-refractivity contribution in [2.45, 2.75) is 6.92 Å². The predicted octanol–water partition coefficient (Wildman–Crippen LogP) is 2.74. The van der Waals surface area contributed by atoms with E-state index in [0.29, 0.717) is 0 Å². The standard InChI is InChI=1S/C12H14N2/c1-4-11(9-10(2)13-3)12-5-7-14-8-6-12/h4-9H,1H2,2-3H3/b11-9+,13-10?. The maximum atomic E-state index is 4.08. The summed E-state index contributed by atoms with van der Waals surface area (Å²) >= 11 is 0. The van der Waals surface area contributed by atoms with Crippen LogP contribution in [0.1, 0.15) is 12.5 Å². The minimum absolute atomic E-state index is 0.983. The smallest absolute Gasteiger partial charge is 0.0320 e. The Morgan fingerprint density at radius 2 is 2.07 bits per heavy atom.